The second kappa shape index (κ2) is 6.47. The second-order valence-electron chi connectivity index (χ2n) is 5.84. The van der Waals surface area contributed by atoms with Crippen LogP contribution in [-0.2, 0) is 4.79 Å². The Morgan fingerprint density at radius 2 is 2.33 bits per heavy atom. The van der Waals surface area contributed by atoms with Crippen LogP contribution in [0.3, 0.4) is 0 Å². The third-order valence-electron chi connectivity index (χ3n) is 4.04. The summed E-state index contributed by atoms with van der Waals surface area (Å²) < 4.78 is 0. The average molecular weight is 310 g/mol. The van der Waals surface area contributed by atoms with E-state index in [-0.39, 0.29) is 18.6 Å². The van der Waals surface area contributed by atoms with E-state index in [0.717, 1.165) is 17.7 Å². The molecule has 1 aliphatic rings. The van der Waals surface area contributed by atoms with Gasteiger partial charge in [-0.25, -0.2) is 4.79 Å². The van der Waals surface area contributed by atoms with Crippen molar-refractivity contribution in [3.63, 3.8) is 0 Å². The monoisotopic (exact) mass is 310 g/mol. The van der Waals surface area contributed by atoms with Gasteiger partial charge in [-0.1, -0.05) is 19.4 Å². The fourth-order valence-electron chi connectivity index (χ4n) is 2.61. The number of urea groups is 1. The number of carboxylic acids is 1. The van der Waals surface area contributed by atoms with Crippen LogP contribution >= 0.6 is 11.3 Å². The minimum Gasteiger partial charge on any atom is -0.481 e. The van der Waals surface area contributed by atoms with Gasteiger partial charge in [0.1, 0.15) is 0 Å². The Labute approximate surface area is 129 Å². The van der Waals surface area contributed by atoms with Crippen molar-refractivity contribution < 1.29 is 14.7 Å². The SMILES string of the molecule is CCCC(NC(=O)N1CCC(C)(C(=O)O)C1)c1cccs1. The summed E-state index contributed by atoms with van der Waals surface area (Å²) in [5, 5.41) is 14.3. The molecule has 2 N–H and O–H groups in total. The first-order valence-corrected chi connectivity index (χ1v) is 8.16. The van der Waals surface area contributed by atoms with Gasteiger partial charge >= 0.3 is 12.0 Å². The number of nitrogens with one attached hydrogen (secondary N) is 1. The number of nitrogens with zero attached hydrogens (tertiary/aromatic N) is 1. The normalized spacial score (nSPS) is 23.0. The fourth-order valence-corrected chi connectivity index (χ4v) is 3.43. The number of hydrogen-bond donors (Lipinski definition) is 2. The van der Waals surface area contributed by atoms with Crippen molar-refractivity contribution >= 4 is 23.3 Å². The summed E-state index contributed by atoms with van der Waals surface area (Å²) in [7, 11) is 0. The molecular weight excluding hydrogens is 288 g/mol. The Hall–Kier alpha value is -1.56. The van der Waals surface area contributed by atoms with E-state index in [0.29, 0.717) is 13.0 Å². The lowest BCUT2D eigenvalue weighted by Gasteiger charge is -2.24. The molecule has 116 valence electrons. The highest BCUT2D eigenvalue weighted by Gasteiger charge is 2.42. The number of carboxylic acid groups (broad SMARTS) is 1. The highest BCUT2D eigenvalue weighted by atomic mass is 32.1. The van der Waals surface area contributed by atoms with Gasteiger partial charge in [0.15, 0.2) is 0 Å². The Morgan fingerprint density at radius 3 is 2.86 bits per heavy atom. The van der Waals surface area contributed by atoms with E-state index in [1.165, 1.54) is 0 Å². The van der Waals surface area contributed by atoms with Crippen LogP contribution in [0.4, 0.5) is 4.79 Å². The largest absolute Gasteiger partial charge is 0.481 e. The van der Waals surface area contributed by atoms with Crippen LogP contribution in [0, 0.1) is 5.41 Å². The van der Waals surface area contributed by atoms with Crippen LogP contribution in [-0.4, -0.2) is 35.1 Å². The Kier molecular flexibility index (Phi) is 4.88. The van der Waals surface area contributed by atoms with Crippen LogP contribution in [0.15, 0.2) is 17.5 Å². The maximum Gasteiger partial charge on any atom is 0.317 e. The van der Waals surface area contributed by atoms with Crippen molar-refractivity contribution in [2.75, 3.05) is 13.1 Å². The van der Waals surface area contributed by atoms with E-state index in [1.54, 1.807) is 23.2 Å². The average Bonchev–Trinajstić information content (AvgIpc) is 3.08. The smallest absolute Gasteiger partial charge is 0.317 e. The number of carbonyl (C=O) groups is 2. The molecular formula is C15H22N2O3S. The minimum absolute atomic E-state index is 0.0131. The van der Waals surface area contributed by atoms with Gasteiger partial charge in [0.2, 0.25) is 0 Å². The Bertz CT molecular complexity index is 503. The summed E-state index contributed by atoms with van der Waals surface area (Å²) in [6.45, 7) is 4.56. The number of likely N-dealkylation sites (tertiary alicyclic amines) is 1. The van der Waals surface area contributed by atoms with Crippen molar-refractivity contribution in [3.05, 3.63) is 22.4 Å². The molecule has 2 amide bonds. The van der Waals surface area contributed by atoms with Crippen molar-refractivity contribution in [3.8, 4) is 0 Å². The molecule has 2 rings (SSSR count). The molecule has 2 heterocycles. The molecule has 0 radical (unpaired) electrons. The molecule has 0 saturated carbocycles. The lowest BCUT2D eigenvalue weighted by atomic mass is 9.90. The fraction of sp³-hybridized carbons (Fsp3) is 0.600. The zero-order valence-corrected chi connectivity index (χ0v) is 13.3. The van der Waals surface area contributed by atoms with Crippen LogP contribution in [0.1, 0.15) is 44.0 Å². The number of rotatable bonds is 5. The van der Waals surface area contributed by atoms with Gasteiger partial charge < -0.3 is 15.3 Å². The van der Waals surface area contributed by atoms with Gasteiger partial charge in [-0.05, 0) is 31.2 Å². The van der Waals surface area contributed by atoms with Crippen molar-refractivity contribution in [2.24, 2.45) is 5.41 Å². The molecule has 1 aromatic heterocycles. The van der Waals surface area contributed by atoms with Crippen molar-refractivity contribution in [2.45, 2.75) is 39.2 Å². The van der Waals surface area contributed by atoms with Gasteiger partial charge in [-0.15, -0.1) is 11.3 Å². The Morgan fingerprint density at radius 1 is 1.57 bits per heavy atom. The summed E-state index contributed by atoms with van der Waals surface area (Å²) in [5.41, 5.74) is -0.819. The van der Waals surface area contributed by atoms with Crippen LogP contribution in [0.5, 0.6) is 0 Å². The number of amides is 2. The molecule has 1 saturated heterocycles. The standard InChI is InChI=1S/C15H22N2O3S/c1-3-5-11(12-6-4-9-21-12)16-14(20)17-8-7-15(2,10-17)13(18)19/h4,6,9,11H,3,5,7-8,10H2,1-2H3,(H,16,20)(H,18,19). The first kappa shape index (κ1) is 15.8. The molecule has 1 fully saturated rings. The third kappa shape index (κ3) is 3.56. The summed E-state index contributed by atoms with van der Waals surface area (Å²) in [5.74, 6) is -0.832. The van der Waals surface area contributed by atoms with E-state index in [1.807, 2.05) is 17.5 Å². The molecule has 0 spiro atoms. The highest BCUT2D eigenvalue weighted by molar-refractivity contribution is 7.10. The lowest BCUT2D eigenvalue weighted by Crippen LogP contribution is -2.42. The van der Waals surface area contributed by atoms with Gasteiger partial charge in [-0.3, -0.25) is 4.79 Å². The third-order valence-corrected chi connectivity index (χ3v) is 5.02. The topological polar surface area (TPSA) is 69.6 Å². The summed E-state index contributed by atoms with van der Waals surface area (Å²) in [4.78, 5) is 26.4. The molecule has 2 atom stereocenters. The number of carbonyl (C=O) groups excluding carboxylic acids is 1. The lowest BCUT2D eigenvalue weighted by molar-refractivity contribution is -0.146. The minimum atomic E-state index is -0.832. The number of hydrogen-bond acceptors (Lipinski definition) is 3. The zero-order chi connectivity index (χ0) is 15.5. The van der Waals surface area contributed by atoms with E-state index < -0.39 is 11.4 Å². The van der Waals surface area contributed by atoms with E-state index in [9.17, 15) is 14.7 Å². The van der Waals surface area contributed by atoms with Crippen LogP contribution in [0.25, 0.3) is 0 Å². The predicted octanol–water partition coefficient (Wildman–Crippen LogP) is 3.10. The maximum absolute atomic E-state index is 12.4. The Balaban J connectivity index is 1.99. The van der Waals surface area contributed by atoms with E-state index in [4.69, 9.17) is 0 Å². The zero-order valence-electron chi connectivity index (χ0n) is 12.5. The molecule has 0 bridgehead atoms. The quantitative estimate of drug-likeness (QED) is 0.878. The molecule has 2 unspecified atom stereocenters. The molecule has 0 aliphatic carbocycles. The summed E-state index contributed by atoms with van der Waals surface area (Å²) in [6.07, 6.45) is 2.37. The molecule has 1 aliphatic heterocycles. The maximum atomic E-state index is 12.4. The first-order chi connectivity index (χ1) is 9.96. The predicted molar refractivity (Wildman–Crippen MR) is 82.4 cm³/mol. The van der Waals surface area contributed by atoms with Crippen molar-refractivity contribution in [1.29, 1.82) is 0 Å². The molecule has 1 aromatic rings. The highest BCUT2D eigenvalue weighted by Crippen LogP contribution is 2.31. The molecule has 6 heteroatoms. The van der Waals surface area contributed by atoms with Crippen molar-refractivity contribution in [1.82, 2.24) is 10.2 Å². The molecule has 5 nitrogen and oxygen atoms in total. The van der Waals surface area contributed by atoms with Gasteiger partial charge in [0.05, 0.1) is 11.5 Å². The molecule has 21 heavy (non-hydrogen) atoms. The van der Waals surface area contributed by atoms with Gasteiger partial charge in [0, 0.05) is 18.0 Å². The van der Waals surface area contributed by atoms with Gasteiger partial charge in [0.25, 0.3) is 0 Å². The van der Waals surface area contributed by atoms with E-state index in [2.05, 4.69) is 12.2 Å². The second-order valence-corrected chi connectivity index (χ2v) is 6.82. The molecule has 0 aromatic carbocycles. The van der Waals surface area contributed by atoms with E-state index >= 15 is 0 Å². The van der Waals surface area contributed by atoms with Crippen LogP contribution in [0.2, 0.25) is 0 Å². The number of aliphatic carboxylic acids is 1. The number of thiophene rings is 1. The first-order valence-electron chi connectivity index (χ1n) is 7.28. The van der Waals surface area contributed by atoms with Crippen LogP contribution < -0.4 is 5.32 Å². The summed E-state index contributed by atoms with van der Waals surface area (Å²) in [6, 6.07) is 3.86. The summed E-state index contributed by atoms with van der Waals surface area (Å²) >= 11 is 1.63. The van der Waals surface area contributed by atoms with Gasteiger partial charge in [-0.2, -0.15) is 0 Å².